The van der Waals surface area contributed by atoms with E-state index < -0.39 is 0 Å². The van der Waals surface area contributed by atoms with Gasteiger partial charge in [0, 0.05) is 6.42 Å². The van der Waals surface area contributed by atoms with Crippen LogP contribution >= 0.6 is 0 Å². The van der Waals surface area contributed by atoms with Crippen molar-refractivity contribution in [2.45, 2.75) is 19.8 Å². The van der Waals surface area contributed by atoms with Gasteiger partial charge in [0.25, 0.3) is 0 Å². The lowest BCUT2D eigenvalue weighted by atomic mass is 10.0. The monoisotopic (exact) mass is 194 g/mol. The highest BCUT2D eigenvalue weighted by Crippen LogP contribution is 2.12. The number of rotatable bonds is 2. The average Bonchev–Trinajstić information content (AvgIpc) is 2.50. The van der Waals surface area contributed by atoms with Crippen LogP contribution < -0.4 is 0 Å². The second-order valence-electron chi connectivity index (χ2n) is 3.80. The first-order valence-corrected chi connectivity index (χ1v) is 5.24. The summed E-state index contributed by atoms with van der Waals surface area (Å²) >= 11 is 0. The van der Waals surface area contributed by atoms with Gasteiger partial charge in [0.15, 0.2) is 0 Å². The minimum absolute atomic E-state index is 0.869. The van der Waals surface area contributed by atoms with Crippen LogP contribution in [0.5, 0.6) is 0 Å². The Balaban J connectivity index is 2.09. The van der Waals surface area contributed by atoms with Crippen molar-refractivity contribution < 1.29 is 0 Å². The van der Waals surface area contributed by atoms with Crippen molar-refractivity contribution in [3.05, 3.63) is 59.2 Å². The van der Waals surface area contributed by atoms with E-state index in [4.69, 9.17) is 0 Å². The van der Waals surface area contributed by atoms with Gasteiger partial charge in [-0.25, -0.2) is 0 Å². The van der Waals surface area contributed by atoms with Crippen LogP contribution in [0.1, 0.15) is 17.5 Å². The quantitative estimate of drug-likeness (QED) is 0.633. The third-order valence-electron chi connectivity index (χ3n) is 2.48. The van der Waals surface area contributed by atoms with E-state index in [2.05, 4.69) is 55.2 Å². The zero-order valence-corrected chi connectivity index (χ0v) is 8.96. The number of aryl methyl sites for hydroxylation is 1. The minimum atomic E-state index is 0.869. The number of hydrogen-bond donors (Lipinski definition) is 0. The summed E-state index contributed by atoms with van der Waals surface area (Å²) in [6, 6.07) is 8.70. The van der Waals surface area contributed by atoms with Crippen molar-refractivity contribution in [3.63, 3.8) is 0 Å². The van der Waals surface area contributed by atoms with Gasteiger partial charge in [0.1, 0.15) is 0 Å². The Kier molecular flexibility index (Phi) is 3.05. The van der Waals surface area contributed by atoms with Gasteiger partial charge in [0.05, 0.1) is 0 Å². The highest BCUT2D eigenvalue weighted by atomic mass is 14.0. The smallest absolute Gasteiger partial charge is 0.0279 e. The summed E-state index contributed by atoms with van der Waals surface area (Å²) in [5.74, 6) is 6.05. The summed E-state index contributed by atoms with van der Waals surface area (Å²) < 4.78 is 0. The molecular weight excluding hydrogens is 180 g/mol. The van der Waals surface area contributed by atoms with Crippen LogP contribution in [-0.2, 0) is 6.42 Å². The zero-order valence-electron chi connectivity index (χ0n) is 8.96. The fourth-order valence-electron chi connectivity index (χ4n) is 1.59. The molecule has 0 nitrogen and oxygen atoms in total. The minimum Gasteiger partial charge on any atom is -0.0943 e. The first kappa shape index (κ1) is 9.80. The number of allylic oxidation sites excluding steroid dienone is 4. The summed E-state index contributed by atoms with van der Waals surface area (Å²) in [4.78, 5) is 0. The van der Waals surface area contributed by atoms with Crippen LogP contribution in [0.15, 0.2) is 48.1 Å². The van der Waals surface area contributed by atoms with Crippen LogP contribution in [0, 0.1) is 18.8 Å². The van der Waals surface area contributed by atoms with Crippen LogP contribution in [0.4, 0.5) is 0 Å². The summed E-state index contributed by atoms with van der Waals surface area (Å²) in [7, 11) is 0. The molecule has 0 bridgehead atoms. The van der Waals surface area contributed by atoms with Gasteiger partial charge in [0.2, 0.25) is 0 Å². The maximum absolute atomic E-state index is 3.06. The molecule has 0 fully saturated rings. The first-order chi connectivity index (χ1) is 7.34. The summed E-state index contributed by atoms with van der Waals surface area (Å²) in [6.07, 6.45) is 8.12. The van der Waals surface area contributed by atoms with Crippen LogP contribution in [0.3, 0.4) is 0 Å². The number of benzene rings is 1. The molecule has 0 spiro atoms. The van der Waals surface area contributed by atoms with Gasteiger partial charge in [-0.05, 0) is 30.6 Å². The lowest BCUT2D eigenvalue weighted by Gasteiger charge is -2.02. The van der Waals surface area contributed by atoms with Crippen LogP contribution in [-0.4, -0.2) is 0 Å². The largest absolute Gasteiger partial charge is 0.0943 e. The van der Waals surface area contributed by atoms with Gasteiger partial charge in [-0.3, -0.25) is 0 Å². The Morgan fingerprint density at radius 1 is 1.20 bits per heavy atom. The molecule has 1 aromatic rings. The molecule has 15 heavy (non-hydrogen) atoms. The molecule has 0 radical (unpaired) electrons. The van der Waals surface area contributed by atoms with Crippen molar-refractivity contribution >= 4 is 0 Å². The molecule has 0 heterocycles. The van der Waals surface area contributed by atoms with E-state index in [9.17, 15) is 0 Å². The third kappa shape index (κ3) is 2.86. The Morgan fingerprint density at radius 3 is 2.80 bits per heavy atom. The molecule has 0 saturated heterocycles. The van der Waals surface area contributed by atoms with E-state index in [0.29, 0.717) is 0 Å². The van der Waals surface area contributed by atoms with E-state index in [1.807, 2.05) is 6.08 Å². The lowest BCUT2D eigenvalue weighted by Crippen LogP contribution is -1.88. The molecule has 0 saturated carbocycles. The molecule has 0 heteroatoms. The van der Waals surface area contributed by atoms with E-state index in [1.165, 1.54) is 16.7 Å². The standard InChI is InChI=1S/C15H14/c1-13-8-10-15(11-9-13)12-14-6-4-2-3-5-7-14/h4,6-11H,5,12H2,1H3. The predicted octanol–water partition coefficient (Wildman–Crippen LogP) is 3.43. The highest BCUT2D eigenvalue weighted by molar-refractivity contribution is 5.35. The van der Waals surface area contributed by atoms with Gasteiger partial charge < -0.3 is 0 Å². The maximum atomic E-state index is 3.06. The highest BCUT2D eigenvalue weighted by Gasteiger charge is 1.97. The molecule has 0 unspecified atom stereocenters. The lowest BCUT2D eigenvalue weighted by molar-refractivity contribution is 1.17. The zero-order chi connectivity index (χ0) is 10.5. The van der Waals surface area contributed by atoms with Crippen molar-refractivity contribution in [2.75, 3.05) is 0 Å². The molecule has 0 aliphatic heterocycles. The summed E-state index contributed by atoms with van der Waals surface area (Å²) in [6.45, 7) is 2.11. The van der Waals surface area contributed by atoms with E-state index in [0.717, 1.165) is 12.8 Å². The predicted molar refractivity (Wildman–Crippen MR) is 64.5 cm³/mol. The Morgan fingerprint density at radius 2 is 2.00 bits per heavy atom. The van der Waals surface area contributed by atoms with Crippen molar-refractivity contribution in [2.24, 2.45) is 0 Å². The molecule has 0 amide bonds. The maximum Gasteiger partial charge on any atom is 0.0279 e. The molecule has 0 aromatic heterocycles. The normalized spacial score (nSPS) is 13.8. The fourth-order valence-corrected chi connectivity index (χ4v) is 1.59. The molecule has 1 aliphatic carbocycles. The van der Waals surface area contributed by atoms with E-state index in [1.54, 1.807) is 0 Å². The average molecular weight is 194 g/mol. The van der Waals surface area contributed by atoms with Crippen molar-refractivity contribution in [1.82, 2.24) is 0 Å². The fraction of sp³-hybridized carbons (Fsp3) is 0.200. The Hall–Kier alpha value is -1.74. The Labute approximate surface area is 91.3 Å². The van der Waals surface area contributed by atoms with Crippen LogP contribution in [0.25, 0.3) is 0 Å². The molecule has 74 valence electrons. The van der Waals surface area contributed by atoms with Crippen molar-refractivity contribution in [3.8, 4) is 11.8 Å². The van der Waals surface area contributed by atoms with Crippen LogP contribution in [0.2, 0.25) is 0 Å². The van der Waals surface area contributed by atoms with E-state index in [-0.39, 0.29) is 0 Å². The second-order valence-corrected chi connectivity index (χ2v) is 3.80. The first-order valence-electron chi connectivity index (χ1n) is 5.24. The summed E-state index contributed by atoms with van der Waals surface area (Å²) in [5, 5.41) is 0. The molecule has 0 atom stereocenters. The molecule has 1 aromatic carbocycles. The van der Waals surface area contributed by atoms with Gasteiger partial charge >= 0.3 is 0 Å². The molecule has 1 aliphatic rings. The molecular formula is C15H14. The molecule has 0 N–H and O–H groups in total. The van der Waals surface area contributed by atoms with Crippen molar-refractivity contribution in [1.29, 1.82) is 0 Å². The third-order valence-corrected chi connectivity index (χ3v) is 2.48. The topological polar surface area (TPSA) is 0 Å². The Bertz CT molecular complexity index is 447. The number of hydrogen-bond acceptors (Lipinski definition) is 0. The van der Waals surface area contributed by atoms with Gasteiger partial charge in [-0.1, -0.05) is 53.8 Å². The molecule has 2 rings (SSSR count). The summed E-state index contributed by atoms with van der Waals surface area (Å²) in [5.41, 5.74) is 4.02. The SMILES string of the molecule is Cc1ccc(CC2=CCC#CC=C2)cc1. The van der Waals surface area contributed by atoms with Gasteiger partial charge in [-0.2, -0.15) is 0 Å². The second kappa shape index (κ2) is 4.66. The van der Waals surface area contributed by atoms with Gasteiger partial charge in [-0.15, -0.1) is 0 Å². The van der Waals surface area contributed by atoms with E-state index >= 15 is 0 Å².